The first-order valence-electron chi connectivity index (χ1n) is 10.9. The number of nitrogens with zero attached hydrogens (tertiary/aromatic N) is 4. The van der Waals surface area contributed by atoms with Crippen molar-refractivity contribution in [3.63, 3.8) is 0 Å². The van der Waals surface area contributed by atoms with Gasteiger partial charge in [0, 0.05) is 26.7 Å². The molecule has 3 atom stereocenters. The fourth-order valence-corrected chi connectivity index (χ4v) is 4.81. The lowest BCUT2D eigenvalue weighted by molar-refractivity contribution is -0.201. The maximum absolute atomic E-state index is 12.5. The molecule has 2 fully saturated rings. The summed E-state index contributed by atoms with van der Waals surface area (Å²) in [4.78, 5) is 48.9. The highest BCUT2D eigenvalue weighted by Gasteiger charge is 2.66. The lowest BCUT2D eigenvalue weighted by atomic mass is 9.73. The molecule has 2 aliphatic rings. The van der Waals surface area contributed by atoms with E-state index in [1.807, 2.05) is 0 Å². The average Bonchev–Trinajstić information content (AvgIpc) is 3.35. The highest BCUT2D eigenvalue weighted by atomic mass is 35.5. The molecule has 0 radical (unpaired) electrons. The first-order chi connectivity index (χ1) is 16.8. The molecule has 2 aromatic heterocycles. The predicted molar refractivity (Wildman–Crippen MR) is 119 cm³/mol. The Bertz CT molecular complexity index is 1290. The number of benzene rings is 1. The van der Waals surface area contributed by atoms with Crippen LogP contribution in [-0.4, -0.2) is 61.3 Å². The van der Waals surface area contributed by atoms with Gasteiger partial charge in [0.1, 0.15) is 23.5 Å². The third-order valence-electron chi connectivity index (χ3n) is 6.07. The number of aromatic nitrogens is 4. The molecule has 182 valence electrons. The Labute approximate surface area is 204 Å². The van der Waals surface area contributed by atoms with Gasteiger partial charge in [-0.25, -0.2) is 19.7 Å². The maximum Gasteiger partial charge on any atom is 0.338 e. The number of hydrogen-bond donors (Lipinski definition) is 0. The second kappa shape index (κ2) is 8.90. The van der Waals surface area contributed by atoms with Crippen LogP contribution >= 0.6 is 11.6 Å². The van der Waals surface area contributed by atoms with E-state index in [0.717, 1.165) is 0 Å². The first kappa shape index (κ1) is 23.2. The smallest absolute Gasteiger partial charge is 0.338 e. The Morgan fingerprint density at radius 2 is 1.74 bits per heavy atom. The van der Waals surface area contributed by atoms with E-state index in [9.17, 15) is 14.4 Å². The minimum Gasteiger partial charge on any atom is -0.459 e. The molecule has 12 heteroatoms. The van der Waals surface area contributed by atoms with Gasteiger partial charge in [-0.2, -0.15) is 0 Å². The maximum atomic E-state index is 12.5. The minimum atomic E-state index is -1.05. The molecule has 1 aromatic carbocycles. The zero-order valence-electron chi connectivity index (χ0n) is 18.8. The molecule has 0 unspecified atom stereocenters. The van der Waals surface area contributed by atoms with Crippen LogP contribution in [0.4, 0.5) is 0 Å². The summed E-state index contributed by atoms with van der Waals surface area (Å²) >= 11 is 6.14. The highest BCUT2D eigenvalue weighted by molar-refractivity contribution is 6.33. The van der Waals surface area contributed by atoms with Gasteiger partial charge in [-0.3, -0.25) is 14.2 Å². The summed E-state index contributed by atoms with van der Waals surface area (Å²) in [6.45, 7) is 2.51. The Kier molecular flexibility index (Phi) is 5.89. The van der Waals surface area contributed by atoms with Crippen LogP contribution < -0.4 is 0 Å². The summed E-state index contributed by atoms with van der Waals surface area (Å²) in [6, 6.07) is 8.62. The van der Waals surface area contributed by atoms with Crippen LogP contribution in [0.2, 0.25) is 5.15 Å². The normalized spacial score (nSPS) is 27.4. The largest absolute Gasteiger partial charge is 0.459 e. The lowest BCUT2D eigenvalue weighted by Crippen LogP contribution is -2.58. The van der Waals surface area contributed by atoms with Gasteiger partial charge in [0.2, 0.25) is 0 Å². The molecule has 0 N–H and O–H groups in total. The first-order valence-corrected chi connectivity index (χ1v) is 11.3. The van der Waals surface area contributed by atoms with Crippen LogP contribution in [0.3, 0.4) is 0 Å². The van der Waals surface area contributed by atoms with Crippen molar-refractivity contribution in [3.05, 3.63) is 53.7 Å². The van der Waals surface area contributed by atoms with E-state index >= 15 is 0 Å². The van der Waals surface area contributed by atoms with Crippen molar-refractivity contribution in [1.29, 1.82) is 0 Å². The molecule has 3 heterocycles. The molecule has 3 aromatic rings. The van der Waals surface area contributed by atoms with Gasteiger partial charge in [-0.1, -0.05) is 29.8 Å². The van der Waals surface area contributed by atoms with Gasteiger partial charge in [-0.05, 0) is 12.1 Å². The number of imidazole rings is 1. The van der Waals surface area contributed by atoms with E-state index in [4.69, 9.17) is 30.5 Å². The summed E-state index contributed by atoms with van der Waals surface area (Å²) in [6.07, 6.45) is -0.162. The fourth-order valence-electron chi connectivity index (χ4n) is 4.63. The second-order valence-corrected chi connectivity index (χ2v) is 8.83. The van der Waals surface area contributed by atoms with Gasteiger partial charge < -0.3 is 18.9 Å². The van der Waals surface area contributed by atoms with Gasteiger partial charge in [0.15, 0.2) is 29.2 Å². The van der Waals surface area contributed by atoms with E-state index in [1.54, 1.807) is 34.9 Å². The molecule has 5 rings (SSSR count). The summed E-state index contributed by atoms with van der Waals surface area (Å²) in [5.74, 6) is -1.62. The molecule has 1 saturated carbocycles. The van der Waals surface area contributed by atoms with Gasteiger partial charge in [-0.15, -0.1) is 0 Å². The number of esters is 3. The standard InChI is InChI=1S/C23H21ClN4O7/c1-12(29)32-17-18(33-13(2)30)23(8-15(9-23)34-22(31)14-6-4-3-5-7-14)35-21(17)28-11-27-16-19(24)25-10-26-20(16)28/h3-7,10-11,15,17-18,21H,8-9H2,1-2H3/t15?,17-,18+,21-,23?/m1/s1. The monoisotopic (exact) mass is 500 g/mol. The van der Waals surface area contributed by atoms with E-state index in [1.165, 1.54) is 26.5 Å². The Hall–Kier alpha value is -3.57. The second-order valence-electron chi connectivity index (χ2n) is 8.47. The van der Waals surface area contributed by atoms with Crippen molar-refractivity contribution in [1.82, 2.24) is 19.5 Å². The zero-order chi connectivity index (χ0) is 24.7. The number of rotatable bonds is 5. The van der Waals surface area contributed by atoms with Crippen LogP contribution in [0.1, 0.15) is 43.3 Å². The van der Waals surface area contributed by atoms with Gasteiger partial charge in [0.05, 0.1) is 11.9 Å². The molecule has 1 aliphatic heterocycles. The quantitative estimate of drug-likeness (QED) is 0.292. The Morgan fingerprint density at radius 1 is 1.03 bits per heavy atom. The van der Waals surface area contributed by atoms with E-state index in [2.05, 4.69) is 15.0 Å². The Balaban J connectivity index is 1.44. The third-order valence-corrected chi connectivity index (χ3v) is 6.34. The fraction of sp³-hybridized carbons (Fsp3) is 0.391. The number of halogens is 1. The van der Waals surface area contributed by atoms with Crippen molar-refractivity contribution in [2.24, 2.45) is 0 Å². The van der Waals surface area contributed by atoms with Crippen molar-refractivity contribution in [2.45, 2.75) is 56.8 Å². The predicted octanol–water partition coefficient (Wildman–Crippen LogP) is 2.63. The molecular weight excluding hydrogens is 480 g/mol. The van der Waals surface area contributed by atoms with E-state index in [0.29, 0.717) is 16.7 Å². The molecule has 1 spiro atoms. The van der Waals surface area contributed by atoms with Gasteiger partial charge in [0.25, 0.3) is 0 Å². The van der Waals surface area contributed by atoms with E-state index in [-0.39, 0.29) is 18.0 Å². The molecule has 0 bridgehead atoms. The topological polar surface area (TPSA) is 132 Å². The molecule has 0 amide bonds. The number of hydrogen-bond acceptors (Lipinski definition) is 10. The van der Waals surface area contributed by atoms with Crippen molar-refractivity contribution >= 4 is 40.7 Å². The molecule has 1 aliphatic carbocycles. The number of carbonyl (C=O) groups is 3. The lowest BCUT2D eigenvalue weighted by Gasteiger charge is -2.46. The van der Waals surface area contributed by atoms with Crippen molar-refractivity contribution in [3.8, 4) is 0 Å². The van der Waals surface area contributed by atoms with Crippen LogP contribution in [-0.2, 0) is 28.5 Å². The van der Waals surface area contributed by atoms with Crippen LogP contribution in [0.25, 0.3) is 11.2 Å². The summed E-state index contributed by atoms with van der Waals surface area (Å²) in [5.41, 5.74) is 0.0742. The number of carbonyl (C=O) groups excluding carboxylic acids is 3. The van der Waals surface area contributed by atoms with Crippen LogP contribution in [0.15, 0.2) is 43.0 Å². The summed E-state index contributed by atoms with van der Waals surface area (Å²) in [7, 11) is 0. The van der Waals surface area contributed by atoms with Crippen molar-refractivity contribution < 1.29 is 33.3 Å². The number of fused-ring (bicyclic) bond motifs is 1. The molecule has 1 saturated heterocycles. The SMILES string of the molecule is CC(=O)O[C@H]1[C@H](n2cnc3c(Cl)ncnc32)OC2(CC(OC(=O)c3ccccc3)C2)[C@H]1OC(C)=O. The zero-order valence-corrected chi connectivity index (χ0v) is 19.5. The van der Waals surface area contributed by atoms with Crippen LogP contribution in [0, 0.1) is 0 Å². The highest BCUT2D eigenvalue weighted by Crippen LogP contribution is 2.53. The third kappa shape index (κ3) is 4.21. The molecular formula is C23H21ClN4O7. The molecule has 11 nitrogen and oxygen atoms in total. The minimum absolute atomic E-state index is 0.151. The average molecular weight is 501 g/mol. The van der Waals surface area contributed by atoms with Gasteiger partial charge >= 0.3 is 17.9 Å². The van der Waals surface area contributed by atoms with Crippen molar-refractivity contribution in [2.75, 3.05) is 0 Å². The Morgan fingerprint density at radius 3 is 2.43 bits per heavy atom. The molecule has 35 heavy (non-hydrogen) atoms. The van der Waals surface area contributed by atoms with E-state index < -0.39 is 48.0 Å². The summed E-state index contributed by atoms with van der Waals surface area (Å²) in [5, 5.41) is 0.151. The summed E-state index contributed by atoms with van der Waals surface area (Å²) < 4.78 is 24.8. The number of ether oxygens (including phenoxy) is 4. The van der Waals surface area contributed by atoms with Crippen LogP contribution in [0.5, 0.6) is 0 Å².